The maximum absolute atomic E-state index is 11.8. The summed E-state index contributed by atoms with van der Waals surface area (Å²) in [5, 5.41) is 29.8. The highest BCUT2D eigenvalue weighted by Crippen LogP contribution is 2.41. The van der Waals surface area contributed by atoms with Crippen molar-refractivity contribution >= 4 is 24.7 Å². The first-order valence-electron chi connectivity index (χ1n) is 6.87. The normalized spacial score (nSPS) is 28.5. The van der Waals surface area contributed by atoms with E-state index in [9.17, 15) is 24.7 Å². The lowest BCUT2D eigenvalue weighted by atomic mass is 10.1. The number of ether oxygens (including phenoxy) is 1. The topological polar surface area (TPSA) is 213 Å². The molecule has 0 bridgehead atoms. The van der Waals surface area contributed by atoms with Gasteiger partial charge < -0.3 is 45.1 Å². The summed E-state index contributed by atoms with van der Waals surface area (Å²) in [6.07, 6.45) is -7.39. The number of nitrogens with one attached hydrogen (secondary N) is 1. The van der Waals surface area contributed by atoms with Crippen LogP contribution in [0.25, 0.3) is 11.0 Å². The molecule has 0 radical (unpaired) electrons. The van der Waals surface area contributed by atoms with Crippen LogP contribution in [0.1, 0.15) is 6.23 Å². The standard InChI is InChI=1S/C11H15N4O9P/c12-4-1-3-5(9(18)14-4)13-2-15(3)10-7(17)6(16)8(23-10)11(19)24-25(20,21)22/h1-2,6-8,10-11,16-17,19H,(H3,12,14,18)(H2,20,21,22)/t6-,7-,8-,10+,11?/m0/s1. The van der Waals surface area contributed by atoms with Crippen LogP contribution in [-0.2, 0) is 13.8 Å². The first kappa shape index (κ1) is 18.0. The van der Waals surface area contributed by atoms with Gasteiger partial charge in [-0.2, -0.15) is 0 Å². The molecule has 1 fully saturated rings. The van der Waals surface area contributed by atoms with Crippen LogP contribution in [0, 0.1) is 0 Å². The molecule has 138 valence electrons. The molecule has 2 aromatic heterocycles. The Labute approximate surface area is 138 Å². The van der Waals surface area contributed by atoms with E-state index in [1.165, 1.54) is 10.6 Å². The molecule has 3 heterocycles. The molecular weight excluding hydrogens is 363 g/mol. The summed E-state index contributed by atoms with van der Waals surface area (Å²) in [6.45, 7) is 0. The molecule has 0 aromatic carbocycles. The molecular formula is C11H15N4O9P. The van der Waals surface area contributed by atoms with Crippen LogP contribution in [0.15, 0.2) is 17.2 Å². The van der Waals surface area contributed by atoms with E-state index < -0.39 is 44.2 Å². The second-order valence-corrected chi connectivity index (χ2v) is 6.59. The van der Waals surface area contributed by atoms with Gasteiger partial charge in [0.25, 0.3) is 5.56 Å². The Balaban J connectivity index is 1.94. The molecule has 1 saturated heterocycles. The highest BCUT2D eigenvalue weighted by atomic mass is 31.2. The summed E-state index contributed by atoms with van der Waals surface area (Å²) in [5.74, 6) is 0.0219. The number of phosphoric acid groups is 1. The predicted octanol–water partition coefficient (Wildman–Crippen LogP) is -2.65. The molecule has 1 aliphatic heterocycles. The maximum atomic E-state index is 11.8. The molecule has 14 heteroatoms. The third-order valence-corrected chi connectivity index (χ3v) is 4.16. The van der Waals surface area contributed by atoms with E-state index in [4.69, 9.17) is 20.3 Å². The summed E-state index contributed by atoms with van der Waals surface area (Å²) in [5.41, 5.74) is 5.16. The summed E-state index contributed by atoms with van der Waals surface area (Å²) in [4.78, 5) is 35.4. The van der Waals surface area contributed by atoms with Gasteiger partial charge in [0.15, 0.2) is 18.0 Å². The number of pyridine rings is 1. The van der Waals surface area contributed by atoms with Crippen molar-refractivity contribution in [1.82, 2.24) is 14.5 Å². The van der Waals surface area contributed by atoms with E-state index >= 15 is 0 Å². The van der Waals surface area contributed by atoms with E-state index in [-0.39, 0.29) is 16.9 Å². The quantitative estimate of drug-likeness (QED) is 0.215. The number of aliphatic hydroxyl groups is 3. The van der Waals surface area contributed by atoms with E-state index in [0.29, 0.717) is 0 Å². The van der Waals surface area contributed by atoms with Crippen LogP contribution in [-0.4, -0.2) is 64.2 Å². The van der Waals surface area contributed by atoms with Crippen molar-refractivity contribution < 1.29 is 38.9 Å². The van der Waals surface area contributed by atoms with Gasteiger partial charge in [0, 0.05) is 6.07 Å². The van der Waals surface area contributed by atoms with Gasteiger partial charge in [-0.1, -0.05) is 0 Å². The first-order chi connectivity index (χ1) is 11.6. The Morgan fingerprint density at radius 3 is 2.72 bits per heavy atom. The molecule has 1 unspecified atom stereocenters. The number of nitrogens with two attached hydrogens (primary N) is 1. The molecule has 0 amide bonds. The van der Waals surface area contributed by atoms with E-state index in [1.54, 1.807) is 0 Å². The third-order valence-electron chi connectivity index (χ3n) is 3.67. The Morgan fingerprint density at radius 2 is 2.08 bits per heavy atom. The number of imidazole rings is 1. The van der Waals surface area contributed by atoms with Gasteiger partial charge in [-0.25, -0.2) is 9.55 Å². The van der Waals surface area contributed by atoms with Gasteiger partial charge in [0.1, 0.15) is 24.1 Å². The van der Waals surface area contributed by atoms with Crippen molar-refractivity contribution in [2.24, 2.45) is 0 Å². The third kappa shape index (κ3) is 3.31. The fraction of sp³-hybridized carbons (Fsp3) is 0.455. The molecule has 0 spiro atoms. The van der Waals surface area contributed by atoms with Gasteiger partial charge in [0.2, 0.25) is 0 Å². The second-order valence-electron chi connectivity index (χ2n) is 5.40. The molecule has 3 rings (SSSR count). The molecule has 25 heavy (non-hydrogen) atoms. The van der Waals surface area contributed by atoms with E-state index in [0.717, 1.165) is 6.33 Å². The van der Waals surface area contributed by atoms with Crippen LogP contribution in [0.5, 0.6) is 0 Å². The lowest BCUT2D eigenvalue weighted by Crippen LogP contribution is -2.39. The number of anilines is 1. The Hall–Kier alpha value is -1.83. The lowest BCUT2D eigenvalue weighted by Gasteiger charge is -2.21. The average Bonchev–Trinajstić information content (AvgIpc) is 3.00. The van der Waals surface area contributed by atoms with Crippen molar-refractivity contribution in [3.8, 4) is 0 Å². The minimum Gasteiger partial charge on any atom is -0.387 e. The number of nitrogen functional groups attached to an aromatic ring is 1. The molecule has 1 aliphatic rings. The number of fused-ring (bicyclic) bond motifs is 1. The summed E-state index contributed by atoms with van der Waals surface area (Å²) < 4.78 is 21.3. The van der Waals surface area contributed by atoms with Gasteiger partial charge >= 0.3 is 7.82 Å². The van der Waals surface area contributed by atoms with Crippen molar-refractivity contribution in [2.75, 3.05) is 5.73 Å². The van der Waals surface area contributed by atoms with Crippen LogP contribution < -0.4 is 11.3 Å². The first-order valence-corrected chi connectivity index (χ1v) is 8.40. The number of phosphoric ester groups is 1. The molecule has 5 atom stereocenters. The number of aromatic nitrogens is 3. The zero-order valence-electron chi connectivity index (χ0n) is 12.3. The number of aromatic amines is 1. The fourth-order valence-electron chi connectivity index (χ4n) is 2.62. The smallest absolute Gasteiger partial charge is 0.387 e. The number of rotatable bonds is 4. The number of H-pyrrole nitrogens is 1. The van der Waals surface area contributed by atoms with Gasteiger partial charge in [0.05, 0.1) is 11.8 Å². The minimum absolute atomic E-state index is 0.00467. The van der Waals surface area contributed by atoms with E-state index in [1.807, 2.05) is 0 Å². The number of aliphatic hydroxyl groups excluding tert-OH is 3. The molecule has 13 nitrogen and oxygen atoms in total. The Kier molecular flexibility index (Phi) is 4.43. The van der Waals surface area contributed by atoms with Crippen molar-refractivity contribution in [1.29, 1.82) is 0 Å². The summed E-state index contributed by atoms with van der Waals surface area (Å²) in [6, 6.07) is 1.35. The maximum Gasteiger partial charge on any atom is 0.472 e. The monoisotopic (exact) mass is 378 g/mol. The van der Waals surface area contributed by atoms with Crippen LogP contribution >= 0.6 is 7.82 Å². The number of hydrogen-bond donors (Lipinski definition) is 7. The van der Waals surface area contributed by atoms with Gasteiger partial charge in [-0.15, -0.1) is 0 Å². The SMILES string of the molecule is Nc1cc2c(ncn2[C@@H]2O[C@H](C(O)OP(=O)(O)O)[C@@H](O)[C@@H]2O)c(=O)[nH]1. The second kappa shape index (κ2) is 6.16. The number of hydrogen-bond acceptors (Lipinski definition) is 9. The highest BCUT2D eigenvalue weighted by molar-refractivity contribution is 7.46. The predicted molar refractivity (Wildman–Crippen MR) is 79.8 cm³/mol. The fourth-order valence-corrected chi connectivity index (χ4v) is 3.02. The van der Waals surface area contributed by atoms with Crippen LogP contribution in [0.2, 0.25) is 0 Å². The molecule has 8 N–H and O–H groups in total. The van der Waals surface area contributed by atoms with E-state index in [2.05, 4.69) is 14.5 Å². The zero-order valence-corrected chi connectivity index (χ0v) is 13.2. The molecule has 2 aromatic rings. The summed E-state index contributed by atoms with van der Waals surface area (Å²) >= 11 is 0. The van der Waals surface area contributed by atoms with Crippen LogP contribution in [0.4, 0.5) is 5.82 Å². The van der Waals surface area contributed by atoms with Crippen LogP contribution in [0.3, 0.4) is 0 Å². The Morgan fingerprint density at radius 1 is 1.40 bits per heavy atom. The molecule has 0 aliphatic carbocycles. The van der Waals surface area contributed by atoms with Gasteiger partial charge in [-0.05, 0) is 0 Å². The minimum atomic E-state index is -5.06. The average molecular weight is 378 g/mol. The molecule has 0 saturated carbocycles. The Bertz CT molecular complexity index is 891. The lowest BCUT2D eigenvalue weighted by molar-refractivity contribution is -0.160. The zero-order chi connectivity index (χ0) is 18.5. The van der Waals surface area contributed by atoms with Crippen molar-refractivity contribution in [3.63, 3.8) is 0 Å². The van der Waals surface area contributed by atoms with Gasteiger partial charge in [-0.3, -0.25) is 9.32 Å². The van der Waals surface area contributed by atoms with Crippen molar-refractivity contribution in [2.45, 2.75) is 30.8 Å². The largest absolute Gasteiger partial charge is 0.472 e. The van der Waals surface area contributed by atoms with Crippen molar-refractivity contribution in [3.05, 3.63) is 22.7 Å². The highest BCUT2D eigenvalue weighted by Gasteiger charge is 2.49. The number of nitrogens with zero attached hydrogens (tertiary/aromatic N) is 2. The summed E-state index contributed by atoms with van der Waals surface area (Å²) in [7, 11) is -5.06.